The normalized spacial score (nSPS) is 13.3. The molecule has 0 radical (unpaired) electrons. The summed E-state index contributed by atoms with van der Waals surface area (Å²) in [5, 5.41) is 3.09. The molecular weight excluding hydrogens is 212 g/mol. The number of nitrogens with two attached hydrogens (primary N) is 1. The van der Waals surface area contributed by atoms with E-state index in [-0.39, 0.29) is 0 Å². The highest BCUT2D eigenvalue weighted by Gasteiger charge is 2.11. The van der Waals surface area contributed by atoms with Crippen LogP contribution >= 0.6 is 12.2 Å². The van der Waals surface area contributed by atoms with Gasteiger partial charge in [0.15, 0.2) is 11.5 Å². The van der Waals surface area contributed by atoms with Crippen molar-refractivity contribution in [3.63, 3.8) is 0 Å². The van der Waals surface area contributed by atoms with E-state index in [0.29, 0.717) is 24.7 Å². The third-order valence-electron chi connectivity index (χ3n) is 2.01. The van der Waals surface area contributed by atoms with Crippen LogP contribution in [0.4, 0.5) is 5.69 Å². The molecule has 0 aromatic heterocycles. The number of thiocarbonyl (C=S) groups is 1. The van der Waals surface area contributed by atoms with E-state index >= 15 is 0 Å². The lowest BCUT2D eigenvalue weighted by atomic mass is 10.2. The van der Waals surface area contributed by atoms with Crippen molar-refractivity contribution in [1.82, 2.24) is 0 Å². The van der Waals surface area contributed by atoms with E-state index in [2.05, 4.69) is 5.32 Å². The summed E-state index contributed by atoms with van der Waals surface area (Å²) in [6, 6.07) is 5.66. The number of hydrogen-bond acceptors (Lipinski definition) is 4. The predicted molar refractivity (Wildman–Crippen MR) is 62.7 cm³/mol. The van der Waals surface area contributed by atoms with E-state index in [1.54, 1.807) is 0 Å². The van der Waals surface area contributed by atoms with Gasteiger partial charge in [0.05, 0.1) is 11.5 Å². The Balaban J connectivity index is 2.10. The number of nitrogens with one attached hydrogen (secondary N) is 1. The molecule has 0 aliphatic carbocycles. The van der Waals surface area contributed by atoms with Crippen molar-refractivity contribution in [2.75, 3.05) is 25.1 Å². The second-order valence-corrected chi connectivity index (χ2v) is 3.70. The SMILES string of the molecule is NC(=S)CNc1ccc2c(c1)OCCO2. The van der Waals surface area contributed by atoms with Crippen molar-refractivity contribution in [3.05, 3.63) is 18.2 Å². The van der Waals surface area contributed by atoms with Gasteiger partial charge in [0.1, 0.15) is 13.2 Å². The van der Waals surface area contributed by atoms with E-state index < -0.39 is 0 Å². The zero-order valence-electron chi connectivity index (χ0n) is 8.16. The second kappa shape index (κ2) is 4.35. The molecule has 1 aromatic carbocycles. The Kier molecular flexibility index (Phi) is 2.91. The highest BCUT2D eigenvalue weighted by atomic mass is 32.1. The summed E-state index contributed by atoms with van der Waals surface area (Å²) in [6.07, 6.45) is 0. The van der Waals surface area contributed by atoms with Crippen LogP contribution in [0.3, 0.4) is 0 Å². The lowest BCUT2D eigenvalue weighted by Gasteiger charge is -2.19. The van der Waals surface area contributed by atoms with Gasteiger partial charge in [-0.2, -0.15) is 0 Å². The molecule has 0 amide bonds. The summed E-state index contributed by atoms with van der Waals surface area (Å²) < 4.78 is 10.8. The first-order chi connectivity index (χ1) is 7.25. The largest absolute Gasteiger partial charge is 0.486 e. The van der Waals surface area contributed by atoms with Crippen LogP contribution in [0.1, 0.15) is 0 Å². The lowest BCUT2D eigenvalue weighted by molar-refractivity contribution is 0.171. The highest BCUT2D eigenvalue weighted by Crippen LogP contribution is 2.32. The average Bonchev–Trinajstić information content (AvgIpc) is 2.26. The van der Waals surface area contributed by atoms with Gasteiger partial charge in [0.25, 0.3) is 0 Å². The van der Waals surface area contributed by atoms with Crippen molar-refractivity contribution >= 4 is 22.9 Å². The fourth-order valence-corrected chi connectivity index (χ4v) is 1.41. The molecule has 0 bridgehead atoms. The first-order valence-corrected chi connectivity index (χ1v) is 5.08. The molecule has 5 heteroatoms. The van der Waals surface area contributed by atoms with Gasteiger partial charge >= 0.3 is 0 Å². The molecule has 1 aliphatic heterocycles. The summed E-state index contributed by atoms with van der Waals surface area (Å²) in [6.45, 7) is 1.67. The Morgan fingerprint density at radius 3 is 2.80 bits per heavy atom. The molecular formula is C10H12N2O2S. The smallest absolute Gasteiger partial charge is 0.163 e. The van der Waals surface area contributed by atoms with E-state index in [9.17, 15) is 0 Å². The minimum atomic E-state index is 0.435. The van der Waals surface area contributed by atoms with E-state index in [1.807, 2.05) is 18.2 Å². The Labute approximate surface area is 93.4 Å². The zero-order valence-corrected chi connectivity index (χ0v) is 8.97. The number of fused-ring (bicyclic) bond motifs is 1. The first-order valence-electron chi connectivity index (χ1n) is 4.67. The molecule has 0 fully saturated rings. The minimum absolute atomic E-state index is 0.435. The quantitative estimate of drug-likeness (QED) is 0.754. The van der Waals surface area contributed by atoms with Crippen molar-refractivity contribution in [2.24, 2.45) is 5.73 Å². The monoisotopic (exact) mass is 224 g/mol. The lowest BCUT2D eigenvalue weighted by Crippen LogP contribution is -2.20. The molecule has 0 unspecified atom stereocenters. The van der Waals surface area contributed by atoms with Crippen molar-refractivity contribution in [3.8, 4) is 11.5 Å². The summed E-state index contributed by atoms with van der Waals surface area (Å²) in [7, 11) is 0. The minimum Gasteiger partial charge on any atom is -0.486 e. The van der Waals surface area contributed by atoms with Gasteiger partial charge in [-0.3, -0.25) is 0 Å². The summed E-state index contributed by atoms with van der Waals surface area (Å²) in [5.41, 5.74) is 6.31. The van der Waals surface area contributed by atoms with Crippen LogP contribution < -0.4 is 20.5 Å². The molecule has 3 N–H and O–H groups in total. The maximum Gasteiger partial charge on any atom is 0.163 e. The van der Waals surface area contributed by atoms with Crippen molar-refractivity contribution in [2.45, 2.75) is 0 Å². The maximum absolute atomic E-state index is 5.44. The van der Waals surface area contributed by atoms with Gasteiger partial charge in [0.2, 0.25) is 0 Å². The number of hydrogen-bond donors (Lipinski definition) is 2. The fourth-order valence-electron chi connectivity index (χ4n) is 1.34. The van der Waals surface area contributed by atoms with Gasteiger partial charge in [0, 0.05) is 11.8 Å². The van der Waals surface area contributed by atoms with Crippen LogP contribution in [-0.4, -0.2) is 24.7 Å². The van der Waals surface area contributed by atoms with Gasteiger partial charge in [-0.15, -0.1) is 0 Å². The molecule has 15 heavy (non-hydrogen) atoms. The van der Waals surface area contributed by atoms with Crippen LogP contribution in [0.5, 0.6) is 11.5 Å². The standard InChI is InChI=1S/C10H12N2O2S/c11-10(15)6-12-7-1-2-8-9(5-7)14-4-3-13-8/h1-2,5,12H,3-4,6H2,(H2,11,15). The second-order valence-electron chi connectivity index (χ2n) is 3.18. The van der Waals surface area contributed by atoms with Crippen LogP contribution in [0.2, 0.25) is 0 Å². The van der Waals surface area contributed by atoms with E-state index in [4.69, 9.17) is 27.4 Å². The van der Waals surface area contributed by atoms with Gasteiger partial charge in [-0.1, -0.05) is 12.2 Å². The number of ether oxygens (including phenoxy) is 2. The fraction of sp³-hybridized carbons (Fsp3) is 0.300. The topological polar surface area (TPSA) is 56.5 Å². The molecule has 2 rings (SSSR count). The predicted octanol–water partition coefficient (Wildman–Crippen LogP) is 1.16. The Morgan fingerprint density at radius 1 is 1.33 bits per heavy atom. The van der Waals surface area contributed by atoms with Gasteiger partial charge in [-0.25, -0.2) is 0 Å². The molecule has 0 saturated heterocycles. The Bertz CT molecular complexity index is 382. The van der Waals surface area contributed by atoms with Crippen LogP contribution in [0.25, 0.3) is 0 Å². The van der Waals surface area contributed by atoms with Crippen LogP contribution in [0.15, 0.2) is 18.2 Å². The molecule has 1 heterocycles. The third-order valence-corrected chi connectivity index (χ3v) is 2.15. The molecule has 80 valence electrons. The maximum atomic E-state index is 5.44. The van der Waals surface area contributed by atoms with Crippen molar-refractivity contribution < 1.29 is 9.47 Å². The van der Waals surface area contributed by atoms with E-state index in [0.717, 1.165) is 17.2 Å². The summed E-state index contributed by atoms with van der Waals surface area (Å²) >= 11 is 4.78. The van der Waals surface area contributed by atoms with Crippen LogP contribution in [0, 0.1) is 0 Å². The highest BCUT2D eigenvalue weighted by molar-refractivity contribution is 7.80. The molecule has 0 spiro atoms. The molecule has 4 nitrogen and oxygen atoms in total. The molecule has 1 aliphatic rings. The third kappa shape index (κ3) is 2.50. The number of anilines is 1. The Morgan fingerprint density at radius 2 is 2.07 bits per heavy atom. The summed E-state index contributed by atoms with van der Waals surface area (Å²) in [4.78, 5) is 0.435. The molecule has 0 atom stereocenters. The number of rotatable bonds is 3. The average molecular weight is 224 g/mol. The zero-order chi connectivity index (χ0) is 10.7. The van der Waals surface area contributed by atoms with Crippen LogP contribution in [-0.2, 0) is 0 Å². The Hall–Kier alpha value is -1.49. The summed E-state index contributed by atoms with van der Waals surface area (Å²) in [5.74, 6) is 1.54. The van der Waals surface area contributed by atoms with E-state index in [1.165, 1.54) is 0 Å². The number of benzene rings is 1. The van der Waals surface area contributed by atoms with Crippen molar-refractivity contribution in [1.29, 1.82) is 0 Å². The first kappa shape index (κ1) is 10.0. The van der Waals surface area contributed by atoms with Gasteiger partial charge in [-0.05, 0) is 12.1 Å². The molecule has 0 saturated carbocycles. The molecule has 1 aromatic rings. The van der Waals surface area contributed by atoms with Gasteiger partial charge < -0.3 is 20.5 Å².